The monoisotopic (exact) mass is 1020 g/mol. The molecule has 3 amide bonds. The van der Waals surface area contributed by atoms with E-state index in [1.165, 1.54) is 45.9 Å². The first-order valence-corrected chi connectivity index (χ1v) is 25.8. The fourth-order valence-corrected chi connectivity index (χ4v) is 12.5. The Balaban J connectivity index is 0.867. The number of hydrogen-bond acceptors (Lipinski definition) is 18. The maximum atomic E-state index is 14.5. The molecule has 7 N–H and O–H groups in total. The van der Waals surface area contributed by atoms with Gasteiger partial charge in [-0.05, 0) is 74.8 Å². The molecule has 7 atom stereocenters. The fraction of sp³-hybridized carbons (Fsp3) is 0.540. The number of primary amides is 1. The van der Waals surface area contributed by atoms with E-state index >= 15 is 0 Å². The van der Waals surface area contributed by atoms with E-state index < -0.39 is 87.7 Å². The van der Waals surface area contributed by atoms with E-state index in [0.717, 1.165) is 43.4 Å². The Bertz CT molecular complexity index is 2540. The lowest BCUT2D eigenvalue weighted by molar-refractivity contribution is -0.153. The molecule has 3 aliphatic carbocycles. The number of nitrogens with two attached hydrogens (primary N) is 1. The first kappa shape index (κ1) is 53.2. The number of ether oxygens (including phenoxy) is 3. The molecule has 1 saturated heterocycles. The fourth-order valence-electron chi connectivity index (χ4n) is 10.5. The topological polar surface area (TPSA) is 276 Å². The molecule has 0 spiro atoms. The lowest BCUT2D eigenvalue weighted by Crippen LogP contribution is -2.71. The number of allylic oxidation sites excluding steroid dienone is 1. The van der Waals surface area contributed by atoms with Gasteiger partial charge < -0.3 is 50.6 Å². The smallest absolute Gasteiger partial charge is 0.311 e. The predicted octanol–water partition coefficient (Wildman–Crippen LogP) is 3.75. The van der Waals surface area contributed by atoms with Crippen molar-refractivity contribution in [3.8, 4) is 5.75 Å². The minimum atomic E-state index is -2.73. The lowest BCUT2D eigenvalue weighted by atomic mass is 9.58. The first-order chi connectivity index (χ1) is 33.8. The van der Waals surface area contributed by atoms with Crippen LogP contribution in [-0.2, 0) is 51.1 Å². The second-order valence-corrected chi connectivity index (χ2v) is 21.2. The molecule has 19 nitrogen and oxygen atoms in total. The lowest BCUT2D eigenvalue weighted by Gasteiger charge is -2.51. The predicted molar refractivity (Wildman–Crippen MR) is 262 cm³/mol. The number of benzene rings is 1. The Hall–Kier alpha value is -5.58. The Morgan fingerprint density at radius 2 is 1.68 bits per heavy atom. The van der Waals surface area contributed by atoms with E-state index in [4.69, 9.17) is 19.9 Å². The van der Waals surface area contributed by atoms with Crippen LogP contribution in [-0.4, -0.2) is 148 Å². The number of thioether (sulfide) groups is 1. The molecule has 1 aromatic carbocycles. The molecule has 5 aliphatic rings. The van der Waals surface area contributed by atoms with Crippen molar-refractivity contribution >= 4 is 70.0 Å². The Kier molecular flexibility index (Phi) is 16.8. The van der Waals surface area contributed by atoms with Crippen LogP contribution in [0.4, 0.5) is 5.69 Å². The standard InChI is InChI=1S/C50H63N5O14S2/c1-26(56)68-24-28-25-71-48-39(52-34(57)23-29-15-14-20-70-29)47(64)55(48)40(28)49(65)67-19-13-11-9-7-6-8-10-12-16-35(58)69-33-18-17-32(53(2)3)30-21-27-22-31-41(54(4)5)43(60)38(46(51)63)45(62)50(31,66)44(61)36(27)42(59)37(30)33/h14-15,17-18,20,27,31,39,41,48-49,60-61,65-66H,6-13,16,19,21-25H2,1-5H3,(H2,51,63)(H,52,57)/t27-,31-,39+,41-,48+,49?,50-/m0/s1. The van der Waals surface area contributed by atoms with Gasteiger partial charge in [-0.1, -0.05) is 44.6 Å². The van der Waals surface area contributed by atoms with E-state index in [1.807, 2.05) is 22.4 Å². The van der Waals surface area contributed by atoms with Crippen LogP contribution in [0.1, 0.15) is 91.9 Å². The first-order valence-electron chi connectivity index (χ1n) is 23.9. The zero-order valence-electron chi connectivity index (χ0n) is 40.6. The summed E-state index contributed by atoms with van der Waals surface area (Å²) in [5.74, 6) is -7.99. The van der Waals surface area contributed by atoms with Gasteiger partial charge in [-0.15, -0.1) is 23.1 Å². The van der Waals surface area contributed by atoms with Gasteiger partial charge in [0.05, 0.1) is 30.3 Å². The number of carbonyl (C=O) groups excluding carboxylic acids is 7. The van der Waals surface area contributed by atoms with Crippen LogP contribution in [0.15, 0.2) is 63.6 Å². The number of anilines is 1. The van der Waals surface area contributed by atoms with Crippen molar-refractivity contribution in [1.29, 1.82) is 0 Å². The van der Waals surface area contributed by atoms with Crippen molar-refractivity contribution in [2.75, 3.05) is 52.1 Å². The van der Waals surface area contributed by atoms with Gasteiger partial charge in [-0.25, -0.2) is 0 Å². The molecular formula is C50H63N5O14S2. The number of nitrogens with zero attached hydrogens (tertiary/aromatic N) is 3. The Labute approximate surface area is 420 Å². The van der Waals surface area contributed by atoms with E-state index in [-0.39, 0.29) is 73.3 Å². The second kappa shape index (κ2) is 22.5. The summed E-state index contributed by atoms with van der Waals surface area (Å²) in [7, 11) is 6.76. The molecule has 3 heterocycles. The highest BCUT2D eigenvalue weighted by Crippen LogP contribution is 2.53. The largest absolute Gasteiger partial charge is 0.510 e. The highest BCUT2D eigenvalue weighted by molar-refractivity contribution is 8.00. The maximum Gasteiger partial charge on any atom is 0.311 e. The van der Waals surface area contributed by atoms with Gasteiger partial charge in [-0.3, -0.25) is 43.4 Å². The molecule has 0 radical (unpaired) electrons. The Morgan fingerprint density at radius 3 is 2.31 bits per heavy atom. The molecule has 1 unspecified atom stereocenters. The number of ketones is 2. The summed E-state index contributed by atoms with van der Waals surface area (Å²) in [6.07, 6.45) is 5.36. The number of aliphatic hydroxyl groups is 4. The quantitative estimate of drug-likeness (QED) is 0.0245. The molecular weight excluding hydrogens is 959 g/mol. The summed E-state index contributed by atoms with van der Waals surface area (Å²) < 4.78 is 16.8. The maximum absolute atomic E-state index is 14.5. The highest BCUT2D eigenvalue weighted by Gasteiger charge is 2.63. The molecule has 2 aromatic rings. The van der Waals surface area contributed by atoms with Gasteiger partial charge in [0.1, 0.15) is 40.9 Å². The summed E-state index contributed by atoms with van der Waals surface area (Å²) in [6, 6.07) is 5.13. The number of likely N-dealkylation sites (N-methyl/N-ethyl adjacent to an activating group) is 1. The molecule has 384 valence electrons. The summed E-state index contributed by atoms with van der Waals surface area (Å²) >= 11 is 2.87. The highest BCUT2D eigenvalue weighted by atomic mass is 32.2. The molecule has 0 saturated carbocycles. The molecule has 21 heteroatoms. The number of nitrogens with one attached hydrogen (secondary N) is 1. The van der Waals surface area contributed by atoms with Crippen LogP contribution in [0.5, 0.6) is 5.75 Å². The summed E-state index contributed by atoms with van der Waals surface area (Å²) in [4.78, 5) is 97.1. The van der Waals surface area contributed by atoms with Gasteiger partial charge in [0, 0.05) is 60.8 Å². The number of amides is 3. The van der Waals surface area contributed by atoms with Crippen LogP contribution in [0.3, 0.4) is 0 Å². The normalized spacial score (nSPS) is 24.2. The van der Waals surface area contributed by atoms with E-state index in [1.54, 1.807) is 34.3 Å². The number of thiophene rings is 1. The third kappa shape index (κ3) is 10.8. The number of unbranched alkanes of at least 4 members (excludes halogenated alkanes) is 7. The van der Waals surface area contributed by atoms with Crippen LogP contribution >= 0.6 is 23.1 Å². The van der Waals surface area contributed by atoms with Gasteiger partial charge >= 0.3 is 11.9 Å². The number of β-lactam (4-membered cyclic amide) rings is 1. The summed E-state index contributed by atoms with van der Waals surface area (Å²) in [5, 5.41) is 50.2. The van der Waals surface area contributed by atoms with Crippen LogP contribution in [0, 0.1) is 11.8 Å². The number of Topliss-reactive ketones (excluding diaryl/α,β-unsaturated/α-hetero) is 2. The average molecular weight is 1020 g/mol. The minimum absolute atomic E-state index is 0.00695. The third-order valence-corrected chi connectivity index (χ3v) is 16.0. The van der Waals surface area contributed by atoms with E-state index in [2.05, 4.69) is 5.32 Å². The van der Waals surface area contributed by atoms with Gasteiger partial charge in [0.15, 0.2) is 17.7 Å². The van der Waals surface area contributed by atoms with Crippen molar-refractivity contribution in [3.63, 3.8) is 0 Å². The van der Waals surface area contributed by atoms with Gasteiger partial charge in [-0.2, -0.15) is 0 Å². The number of hydrogen-bond donors (Lipinski definition) is 6. The molecule has 1 aromatic heterocycles. The van der Waals surface area contributed by atoms with Gasteiger partial charge in [0.25, 0.3) is 11.8 Å². The third-order valence-electron chi connectivity index (χ3n) is 13.8. The number of rotatable bonds is 22. The minimum Gasteiger partial charge on any atom is -0.510 e. The van der Waals surface area contributed by atoms with Crippen LogP contribution in [0.25, 0.3) is 0 Å². The number of aliphatic hydroxyl groups excluding tert-OH is 3. The van der Waals surface area contributed by atoms with Crippen molar-refractivity contribution < 1.29 is 68.2 Å². The van der Waals surface area contributed by atoms with Crippen molar-refractivity contribution in [3.05, 3.63) is 79.6 Å². The number of fused-ring (bicyclic) bond motifs is 4. The van der Waals surface area contributed by atoms with Crippen LogP contribution in [0.2, 0.25) is 0 Å². The SMILES string of the molecule is CC(=O)OCC1=C(C(O)OCCCCCCCCCCC(=O)Oc2ccc(N(C)C)c3c2C(=O)C2=C(O)[C@]4(O)C(=O)C(C(N)=O)=C(O)[C@@H](N(C)C)[C@@H]4C[C@@H]2C3)N2C(=O)[C@@H](NC(=O)Cc3cccs3)[C@H]2SC1. The zero-order chi connectivity index (χ0) is 51.5. The molecule has 1 fully saturated rings. The average Bonchev–Trinajstić information content (AvgIpc) is 3.82. The Morgan fingerprint density at radius 1 is 0.986 bits per heavy atom. The molecule has 0 bridgehead atoms. The van der Waals surface area contributed by atoms with E-state index in [9.17, 15) is 54.0 Å². The van der Waals surface area contributed by atoms with Crippen molar-refractivity contribution in [1.82, 2.24) is 15.1 Å². The second-order valence-electron chi connectivity index (χ2n) is 19.0. The van der Waals surface area contributed by atoms with Crippen molar-refractivity contribution in [2.45, 2.75) is 113 Å². The molecule has 7 rings (SSSR count). The molecule has 71 heavy (non-hydrogen) atoms. The number of esters is 2. The van der Waals surface area contributed by atoms with Gasteiger partial charge in [0.2, 0.25) is 11.7 Å². The van der Waals surface area contributed by atoms with Crippen molar-refractivity contribution in [2.24, 2.45) is 17.6 Å². The molecule has 2 aliphatic heterocycles. The zero-order valence-corrected chi connectivity index (χ0v) is 42.2. The summed E-state index contributed by atoms with van der Waals surface area (Å²) in [5.41, 5.74) is 3.74. The van der Waals surface area contributed by atoms with Crippen LogP contribution < -0.4 is 20.7 Å². The number of carbonyl (C=O) groups is 7. The van der Waals surface area contributed by atoms with E-state index in [0.29, 0.717) is 35.4 Å². The summed E-state index contributed by atoms with van der Waals surface area (Å²) in [6.45, 7) is 1.40.